The molecule has 24 heavy (non-hydrogen) atoms. The summed E-state index contributed by atoms with van der Waals surface area (Å²) in [5, 5.41) is 12.4. The molecule has 0 N–H and O–H groups in total. The Labute approximate surface area is 138 Å². The van der Waals surface area contributed by atoms with Gasteiger partial charge in [0.15, 0.2) is 0 Å². The van der Waals surface area contributed by atoms with Crippen LogP contribution in [0.2, 0.25) is 0 Å². The van der Waals surface area contributed by atoms with E-state index in [9.17, 15) is 4.39 Å². The van der Waals surface area contributed by atoms with Crippen LogP contribution in [0.15, 0.2) is 47.1 Å². The highest BCUT2D eigenvalue weighted by Gasteiger charge is 2.34. The van der Waals surface area contributed by atoms with Gasteiger partial charge < -0.3 is 9.15 Å². The van der Waals surface area contributed by atoms with Crippen molar-refractivity contribution >= 4 is 0 Å². The molecule has 4 rings (SSSR count). The summed E-state index contributed by atoms with van der Waals surface area (Å²) in [6.07, 6.45) is 4.62. The van der Waals surface area contributed by atoms with Crippen LogP contribution >= 0.6 is 0 Å². The summed E-state index contributed by atoms with van der Waals surface area (Å²) < 4.78 is 27.1. The van der Waals surface area contributed by atoms with Crippen molar-refractivity contribution in [3.05, 3.63) is 65.9 Å². The largest absolute Gasteiger partial charge is 0.422 e. The minimum Gasteiger partial charge on any atom is -0.422 e. The van der Waals surface area contributed by atoms with Crippen LogP contribution in [-0.4, -0.2) is 26.6 Å². The fraction of sp³-hybridized carbons (Fsp3) is 0.353. The number of hydrogen-bond donors (Lipinski definition) is 0. The number of nitrogens with zero attached hydrogens (tertiary/aromatic N) is 4. The number of benzene rings is 1. The first-order chi connectivity index (χ1) is 11.8. The van der Waals surface area contributed by atoms with Crippen LogP contribution in [0.25, 0.3) is 0 Å². The van der Waals surface area contributed by atoms with E-state index in [0.717, 1.165) is 13.0 Å². The molecule has 0 saturated carbocycles. The maximum atomic E-state index is 13.7. The maximum absolute atomic E-state index is 13.7. The van der Waals surface area contributed by atoms with E-state index in [2.05, 4.69) is 15.3 Å². The molecule has 1 saturated heterocycles. The molecular formula is C17H17FN4O2. The van der Waals surface area contributed by atoms with Crippen molar-refractivity contribution in [2.45, 2.75) is 25.5 Å². The van der Waals surface area contributed by atoms with Gasteiger partial charge in [0, 0.05) is 31.5 Å². The second-order valence-electron chi connectivity index (χ2n) is 5.87. The summed E-state index contributed by atoms with van der Waals surface area (Å²) in [6, 6.07) is 8.48. The van der Waals surface area contributed by atoms with E-state index in [0.29, 0.717) is 24.0 Å². The molecular weight excluding hydrogens is 311 g/mol. The minimum atomic E-state index is -0.272. The third-order valence-electron chi connectivity index (χ3n) is 4.22. The summed E-state index contributed by atoms with van der Waals surface area (Å²) in [5.74, 6) is 0.803. The molecule has 2 aromatic heterocycles. The van der Waals surface area contributed by atoms with Gasteiger partial charge in [0.2, 0.25) is 11.8 Å². The topological polar surface area (TPSA) is 66.0 Å². The number of hydrogen-bond acceptors (Lipinski definition) is 5. The molecule has 1 aliphatic heterocycles. The summed E-state index contributed by atoms with van der Waals surface area (Å²) in [5.41, 5.74) is 0.535. The lowest BCUT2D eigenvalue weighted by atomic mass is 10.0. The van der Waals surface area contributed by atoms with Crippen molar-refractivity contribution in [3.8, 4) is 0 Å². The van der Waals surface area contributed by atoms with Gasteiger partial charge in [0.25, 0.3) is 0 Å². The Bertz CT molecular complexity index is 803. The van der Waals surface area contributed by atoms with Crippen molar-refractivity contribution in [2.75, 3.05) is 6.61 Å². The standard InChI is InChI=1S/C17H17FN4O2/c18-14-5-2-1-4-12(14)10-15-20-21-17(24-15)16-13(6-9-23-16)11-22-8-3-7-19-22/h1-5,7-8,13,16H,6,9-11H2/t13-,16-/m0/s1. The second kappa shape index (κ2) is 6.52. The highest BCUT2D eigenvalue weighted by Crippen LogP contribution is 2.35. The highest BCUT2D eigenvalue weighted by molar-refractivity contribution is 5.20. The highest BCUT2D eigenvalue weighted by atomic mass is 19.1. The summed E-state index contributed by atoms with van der Waals surface area (Å²) in [4.78, 5) is 0. The smallest absolute Gasteiger partial charge is 0.245 e. The molecule has 0 spiro atoms. The predicted octanol–water partition coefficient (Wildman–Crippen LogP) is 2.77. The predicted molar refractivity (Wildman–Crippen MR) is 82.5 cm³/mol. The minimum absolute atomic E-state index is 0.228. The van der Waals surface area contributed by atoms with Crippen LogP contribution in [-0.2, 0) is 17.7 Å². The average molecular weight is 328 g/mol. The molecule has 124 valence electrons. The Kier molecular flexibility index (Phi) is 4.08. The Morgan fingerprint density at radius 2 is 2.12 bits per heavy atom. The molecule has 1 fully saturated rings. The van der Waals surface area contributed by atoms with Gasteiger partial charge in [-0.05, 0) is 24.1 Å². The molecule has 3 aromatic rings. The number of aromatic nitrogens is 4. The number of halogens is 1. The maximum Gasteiger partial charge on any atom is 0.245 e. The van der Waals surface area contributed by atoms with Crippen LogP contribution in [0.4, 0.5) is 4.39 Å². The Hall–Kier alpha value is -2.54. The lowest BCUT2D eigenvalue weighted by molar-refractivity contribution is 0.0621. The van der Waals surface area contributed by atoms with Crippen molar-refractivity contribution in [1.82, 2.24) is 20.0 Å². The van der Waals surface area contributed by atoms with Gasteiger partial charge in [0.05, 0.1) is 6.42 Å². The first-order valence-electron chi connectivity index (χ1n) is 7.94. The molecule has 1 aliphatic rings. The molecule has 1 aromatic carbocycles. The number of rotatable bonds is 5. The van der Waals surface area contributed by atoms with E-state index >= 15 is 0 Å². The van der Waals surface area contributed by atoms with Gasteiger partial charge in [-0.3, -0.25) is 4.68 Å². The fourth-order valence-corrected chi connectivity index (χ4v) is 3.00. The van der Waals surface area contributed by atoms with Gasteiger partial charge in [-0.25, -0.2) is 4.39 Å². The third-order valence-corrected chi connectivity index (χ3v) is 4.22. The normalized spacial score (nSPS) is 20.5. The Balaban J connectivity index is 1.48. The van der Waals surface area contributed by atoms with Gasteiger partial charge in [0.1, 0.15) is 11.9 Å². The van der Waals surface area contributed by atoms with Crippen molar-refractivity contribution in [1.29, 1.82) is 0 Å². The molecule has 0 aliphatic carbocycles. The zero-order valence-corrected chi connectivity index (χ0v) is 13.0. The van der Waals surface area contributed by atoms with E-state index < -0.39 is 0 Å². The SMILES string of the molecule is Fc1ccccc1Cc1nnc([C@H]2OCC[C@H]2Cn2cccn2)o1. The molecule has 6 nitrogen and oxygen atoms in total. The van der Waals surface area contributed by atoms with Crippen molar-refractivity contribution in [2.24, 2.45) is 5.92 Å². The number of ether oxygens (including phenoxy) is 1. The van der Waals surface area contributed by atoms with Gasteiger partial charge in [-0.2, -0.15) is 5.10 Å². The summed E-state index contributed by atoms with van der Waals surface area (Å²) >= 11 is 0. The molecule has 0 unspecified atom stereocenters. The fourth-order valence-electron chi connectivity index (χ4n) is 3.00. The molecule has 0 amide bonds. The van der Waals surface area contributed by atoms with Gasteiger partial charge in [-0.15, -0.1) is 10.2 Å². The molecule has 0 bridgehead atoms. The van der Waals surface area contributed by atoms with Crippen molar-refractivity contribution in [3.63, 3.8) is 0 Å². The first kappa shape index (κ1) is 15.0. The van der Waals surface area contributed by atoms with E-state index in [1.54, 1.807) is 24.4 Å². The van der Waals surface area contributed by atoms with E-state index in [1.165, 1.54) is 6.07 Å². The quantitative estimate of drug-likeness (QED) is 0.720. The zero-order valence-electron chi connectivity index (χ0n) is 13.0. The van der Waals surface area contributed by atoms with Crippen LogP contribution in [0.1, 0.15) is 29.9 Å². The van der Waals surface area contributed by atoms with Crippen LogP contribution in [0, 0.1) is 11.7 Å². The molecule has 3 heterocycles. The Morgan fingerprint density at radius 1 is 1.21 bits per heavy atom. The molecule has 7 heteroatoms. The van der Waals surface area contributed by atoms with E-state index in [1.807, 2.05) is 16.9 Å². The first-order valence-corrected chi connectivity index (χ1v) is 7.94. The average Bonchev–Trinajstić information content (AvgIpc) is 3.32. The van der Waals surface area contributed by atoms with E-state index in [-0.39, 0.29) is 24.3 Å². The second-order valence-corrected chi connectivity index (χ2v) is 5.87. The third kappa shape index (κ3) is 3.07. The molecule has 2 atom stereocenters. The summed E-state index contributed by atoms with van der Waals surface area (Å²) in [6.45, 7) is 1.39. The van der Waals surface area contributed by atoms with Gasteiger partial charge >= 0.3 is 0 Å². The van der Waals surface area contributed by atoms with Crippen LogP contribution < -0.4 is 0 Å². The zero-order chi connectivity index (χ0) is 16.4. The van der Waals surface area contributed by atoms with Crippen LogP contribution in [0.5, 0.6) is 0 Å². The molecule has 0 radical (unpaired) electrons. The summed E-state index contributed by atoms with van der Waals surface area (Å²) in [7, 11) is 0. The van der Waals surface area contributed by atoms with Crippen LogP contribution in [0.3, 0.4) is 0 Å². The van der Waals surface area contributed by atoms with Gasteiger partial charge in [-0.1, -0.05) is 18.2 Å². The lowest BCUT2D eigenvalue weighted by Crippen LogP contribution is -2.15. The lowest BCUT2D eigenvalue weighted by Gasteiger charge is -2.14. The van der Waals surface area contributed by atoms with Crippen molar-refractivity contribution < 1.29 is 13.5 Å². The Morgan fingerprint density at radius 3 is 2.96 bits per heavy atom. The monoisotopic (exact) mass is 328 g/mol. The van der Waals surface area contributed by atoms with E-state index in [4.69, 9.17) is 9.15 Å².